The molecule has 0 radical (unpaired) electrons. The molecule has 0 bridgehead atoms. The summed E-state index contributed by atoms with van der Waals surface area (Å²) in [5.74, 6) is 0.152. The molecule has 1 aromatic carbocycles. The number of benzene rings is 1. The maximum absolute atomic E-state index is 11.7. The molecule has 0 aromatic heterocycles. The van der Waals surface area contributed by atoms with Gasteiger partial charge in [-0.2, -0.15) is 0 Å². The zero-order valence-corrected chi connectivity index (χ0v) is 10.4. The lowest BCUT2D eigenvalue weighted by Crippen LogP contribution is -2.13. The fourth-order valence-corrected chi connectivity index (χ4v) is 3.19. The van der Waals surface area contributed by atoms with Crippen LogP contribution in [-0.4, -0.2) is 5.91 Å². The van der Waals surface area contributed by atoms with Gasteiger partial charge in [0.2, 0.25) is 5.91 Å². The summed E-state index contributed by atoms with van der Waals surface area (Å²) in [5, 5.41) is 3.15. The zero-order chi connectivity index (χ0) is 11.8. The average Bonchev–Trinajstić information content (AvgIpc) is 2.96. The predicted molar refractivity (Wildman–Crippen MR) is 69.4 cm³/mol. The molecule has 90 valence electrons. The van der Waals surface area contributed by atoms with E-state index in [1.807, 2.05) is 6.92 Å². The molecule has 1 amide bonds. The van der Waals surface area contributed by atoms with E-state index in [4.69, 9.17) is 0 Å². The topological polar surface area (TPSA) is 29.1 Å². The molecule has 0 fully saturated rings. The van der Waals surface area contributed by atoms with Gasteiger partial charge in [-0.05, 0) is 60.8 Å². The van der Waals surface area contributed by atoms with E-state index in [0.29, 0.717) is 6.42 Å². The van der Waals surface area contributed by atoms with Crippen molar-refractivity contribution in [3.63, 3.8) is 0 Å². The van der Waals surface area contributed by atoms with Gasteiger partial charge in [-0.3, -0.25) is 4.79 Å². The van der Waals surface area contributed by atoms with Crippen molar-refractivity contribution in [1.82, 2.24) is 0 Å². The quantitative estimate of drug-likeness (QED) is 0.830. The molecule has 0 unspecified atom stereocenters. The van der Waals surface area contributed by atoms with Crippen LogP contribution in [-0.2, 0) is 30.5 Å². The second-order valence-electron chi connectivity index (χ2n) is 5.14. The van der Waals surface area contributed by atoms with Crippen molar-refractivity contribution in [3.05, 3.63) is 28.3 Å². The first-order valence-corrected chi connectivity index (χ1v) is 6.76. The fraction of sp³-hybridized carbons (Fsp3) is 0.533. The van der Waals surface area contributed by atoms with Gasteiger partial charge in [0.05, 0.1) is 0 Å². The number of nitrogens with one attached hydrogen (secondary N) is 1. The maximum atomic E-state index is 11.7. The lowest BCUT2D eigenvalue weighted by molar-refractivity contribution is -0.115. The number of aryl methyl sites for hydroxylation is 2. The van der Waals surface area contributed by atoms with Crippen LogP contribution < -0.4 is 5.32 Å². The predicted octanol–water partition coefficient (Wildman–Crippen LogP) is 3.01. The molecular weight excluding hydrogens is 210 g/mol. The number of anilines is 1. The number of rotatable bonds is 2. The summed E-state index contributed by atoms with van der Waals surface area (Å²) < 4.78 is 0. The Hall–Kier alpha value is -1.31. The minimum Gasteiger partial charge on any atom is -0.326 e. The van der Waals surface area contributed by atoms with Crippen LogP contribution in [0.4, 0.5) is 5.69 Å². The standard InChI is InChI=1S/C15H19NO/c1-2-14(17)16-15-12-7-3-5-10(12)9-11-6-4-8-13(11)15/h9H,2-8H2,1H3,(H,16,17). The van der Waals surface area contributed by atoms with Gasteiger partial charge in [-0.1, -0.05) is 13.0 Å². The van der Waals surface area contributed by atoms with Crippen molar-refractivity contribution in [2.75, 3.05) is 5.32 Å². The molecule has 17 heavy (non-hydrogen) atoms. The van der Waals surface area contributed by atoms with Crippen LogP contribution in [0, 0.1) is 0 Å². The van der Waals surface area contributed by atoms with E-state index in [9.17, 15) is 4.79 Å². The molecule has 0 saturated heterocycles. The summed E-state index contributed by atoms with van der Waals surface area (Å²) in [5.41, 5.74) is 6.99. The van der Waals surface area contributed by atoms with Crippen molar-refractivity contribution in [3.8, 4) is 0 Å². The van der Waals surface area contributed by atoms with E-state index < -0.39 is 0 Å². The van der Waals surface area contributed by atoms with Crippen LogP contribution in [0.5, 0.6) is 0 Å². The van der Waals surface area contributed by atoms with Crippen LogP contribution in [0.2, 0.25) is 0 Å². The Morgan fingerprint density at radius 1 is 1.12 bits per heavy atom. The van der Waals surface area contributed by atoms with E-state index in [1.54, 1.807) is 0 Å². The van der Waals surface area contributed by atoms with Crippen molar-refractivity contribution >= 4 is 11.6 Å². The Kier molecular flexibility index (Phi) is 2.65. The molecule has 0 spiro atoms. The molecule has 0 atom stereocenters. The molecular formula is C15H19NO. The highest BCUT2D eigenvalue weighted by Crippen LogP contribution is 2.38. The van der Waals surface area contributed by atoms with Crippen LogP contribution in [0.3, 0.4) is 0 Å². The highest BCUT2D eigenvalue weighted by molar-refractivity contribution is 5.93. The molecule has 1 aromatic rings. The van der Waals surface area contributed by atoms with E-state index >= 15 is 0 Å². The lowest BCUT2D eigenvalue weighted by atomic mass is 9.98. The van der Waals surface area contributed by atoms with E-state index in [1.165, 1.54) is 53.6 Å². The molecule has 2 aliphatic rings. The van der Waals surface area contributed by atoms with Crippen LogP contribution in [0.1, 0.15) is 48.4 Å². The molecule has 2 aliphatic carbocycles. The first-order valence-electron chi connectivity index (χ1n) is 6.76. The van der Waals surface area contributed by atoms with E-state index in [0.717, 1.165) is 12.8 Å². The van der Waals surface area contributed by atoms with Crippen molar-refractivity contribution < 1.29 is 4.79 Å². The second-order valence-corrected chi connectivity index (χ2v) is 5.14. The monoisotopic (exact) mass is 229 g/mol. The average molecular weight is 229 g/mol. The summed E-state index contributed by atoms with van der Waals surface area (Å²) in [6, 6.07) is 2.40. The third-order valence-electron chi connectivity index (χ3n) is 4.06. The summed E-state index contributed by atoms with van der Waals surface area (Å²) in [6.07, 6.45) is 7.72. The first-order chi connectivity index (χ1) is 8.29. The Bertz CT molecular complexity index is 444. The van der Waals surface area contributed by atoms with Crippen LogP contribution >= 0.6 is 0 Å². The number of amides is 1. The molecule has 0 heterocycles. The van der Waals surface area contributed by atoms with Gasteiger partial charge in [0.25, 0.3) is 0 Å². The number of hydrogen-bond donors (Lipinski definition) is 1. The number of fused-ring (bicyclic) bond motifs is 2. The third kappa shape index (κ3) is 1.76. The summed E-state index contributed by atoms with van der Waals surface area (Å²) in [4.78, 5) is 11.7. The van der Waals surface area contributed by atoms with Crippen molar-refractivity contribution in [1.29, 1.82) is 0 Å². The lowest BCUT2D eigenvalue weighted by Gasteiger charge is -2.15. The number of carbonyl (C=O) groups is 1. The van der Waals surface area contributed by atoms with Crippen molar-refractivity contribution in [2.45, 2.75) is 51.9 Å². The number of hydrogen-bond acceptors (Lipinski definition) is 1. The van der Waals surface area contributed by atoms with Gasteiger partial charge < -0.3 is 5.32 Å². The van der Waals surface area contributed by atoms with E-state index in [-0.39, 0.29) is 5.91 Å². The smallest absolute Gasteiger partial charge is 0.224 e. The van der Waals surface area contributed by atoms with Gasteiger partial charge in [-0.15, -0.1) is 0 Å². The highest BCUT2D eigenvalue weighted by Gasteiger charge is 2.24. The fourth-order valence-electron chi connectivity index (χ4n) is 3.19. The largest absolute Gasteiger partial charge is 0.326 e. The van der Waals surface area contributed by atoms with Crippen molar-refractivity contribution in [2.24, 2.45) is 0 Å². The highest BCUT2D eigenvalue weighted by atomic mass is 16.1. The summed E-state index contributed by atoms with van der Waals surface area (Å²) >= 11 is 0. The molecule has 0 aliphatic heterocycles. The van der Waals surface area contributed by atoms with Crippen LogP contribution in [0.25, 0.3) is 0 Å². The van der Waals surface area contributed by atoms with Gasteiger partial charge >= 0.3 is 0 Å². The van der Waals surface area contributed by atoms with Gasteiger partial charge in [0.15, 0.2) is 0 Å². The second kappa shape index (κ2) is 4.17. The van der Waals surface area contributed by atoms with Crippen LogP contribution in [0.15, 0.2) is 6.07 Å². The molecule has 2 heteroatoms. The maximum Gasteiger partial charge on any atom is 0.224 e. The summed E-state index contributed by atoms with van der Waals surface area (Å²) in [7, 11) is 0. The zero-order valence-electron chi connectivity index (χ0n) is 10.4. The minimum atomic E-state index is 0.152. The molecule has 1 N–H and O–H groups in total. The number of carbonyl (C=O) groups excluding carboxylic acids is 1. The molecule has 0 saturated carbocycles. The SMILES string of the molecule is CCC(=O)Nc1c2c(cc3c1CCC3)CCC2. The van der Waals surface area contributed by atoms with Gasteiger partial charge in [0, 0.05) is 12.1 Å². The Morgan fingerprint density at radius 2 is 1.71 bits per heavy atom. The normalized spacial score (nSPS) is 16.8. The Balaban J connectivity index is 2.08. The van der Waals surface area contributed by atoms with Gasteiger partial charge in [0.1, 0.15) is 0 Å². The molecule has 2 nitrogen and oxygen atoms in total. The first kappa shape index (κ1) is 10.8. The molecule has 3 rings (SSSR count). The van der Waals surface area contributed by atoms with Gasteiger partial charge in [-0.25, -0.2) is 0 Å². The minimum absolute atomic E-state index is 0.152. The third-order valence-corrected chi connectivity index (χ3v) is 4.06. The Labute approximate surface area is 102 Å². The Morgan fingerprint density at radius 3 is 2.24 bits per heavy atom. The van der Waals surface area contributed by atoms with E-state index in [2.05, 4.69) is 11.4 Å². The summed E-state index contributed by atoms with van der Waals surface area (Å²) in [6.45, 7) is 1.92.